The summed E-state index contributed by atoms with van der Waals surface area (Å²) in [5.41, 5.74) is 6.67. The van der Waals surface area contributed by atoms with E-state index in [2.05, 4.69) is 17.0 Å². The molecule has 18 heavy (non-hydrogen) atoms. The second kappa shape index (κ2) is 6.40. The highest BCUT2D eigenvalue weighted by molar-refractivity contribution is 5.76. The van der Waals surface area contributed by atoms with Crippen molar-refractivity contribution >= 4 is 11.6 Å². The van der Waals surface area contributed by atoms with Crippen molar-refractivity contribution in [3.05, 3.63) is 30.3 Å². The van der Waals surface area contributed by atoms with Crippen LogP contribution in [0.4, 0.5) is 5.69 Å². The highest BCUT2D eigenvalue weighted by Gasteiger charge is 2.20. The van der Waals surface area contributed by atoms with Gasteiger partial charge < -0.3 is 15.5 Å². The van der Waals surface area contributed by atoms with Crippen LogP contribution in [0.1, 0.15) is 12.8 Å². The number of nitrogens with zero attached hydrogens (tertiary/aromatic N) is 2. The van der Waals surface area contributed by atoms with Crippen molar-refractivity contribution < 1.29 is 4.79 Å². The summed E-state index contributed by atoms with van der Waals surface area (Å²) in [4.78, 5) is 16.1. The van der Waals surface area contributed by atoms with Crippen LogP contribution in [-0.2, 0) is 4.79 Å². The zero-order valence-electron chi connectivity index (χ0n) is 10.7. The van der Waals surface area contributed by atoms with Crippen molar-refractivity contribution in [2.24, 2.45) is 5.73 Å². The molecule has 0 atom stereocenters. The topological polar surface area (TPSA) is 49.6 Å². The first-order valence-corrected chi connectivity index (χ1v) is 6.59. The maximum absolute atomic E-state index is 11.9. The lowest BCUT2D eigenvalue weighted by Crippen LogP contribution is -2.48. The SMILES string of the molecule is NCCCC(=O)N1CCN(c2ccccc2)CC1. The molecule has 0 aromatic heterocycles. The standard InChI is InChI=1S/C14H21N3O/c15-8-4-7-14(18)17-11-9-16(10-12-17)13-5-2-1-3-6-13/h1-3,5-6H,4,7-12,15H2. The highest BCUT2D eigenvalue weighted by atomic mass is 16.2. The quantitative estimate of drug-likeness (QED) is 0.866. The Morgan fingerprint density at radius 2 is 1.78 bits per heavy atom. The van der Waals surface area contributed by atoms with Crippen LogP contribution < -0.4 is 10.6 Å². The third-order valence-electron chi connectivity index (χ3n) is 3.35. The number of para-hydroxylation sites is 1. The van der Waals surface area contributed by atoms with Gasteiger partial charge in [0, 0.05) is 38.3 Å². The average Bonchev–Trinajstić information content (AvgIpc) is 2.46. The molecule has 0 aliphatic carbocycles. The molecule has 4 heteroatoms. The third-order valence-corrected chi connectivity index (χ3v) is 3.35. The van der Waals surface area contributed by atoms with E-state index >= 15 is 0 Å². The minimum absolute atomic E-state index is 0.244. The molecule has 98 valence electrons. The maximum Gasteiger partial charge on any atom is 0.222 e. The van der Waals surface area contributed by atoms with Crippen LogP contribution in [-0.4, -0.2) is 43.5 Å². The number of carbonyl (C=O) groups is 1. The first kappa shape index (κ1) is 12.9. The average molecular weight is 247 g/mol. The zero-order chi connectivity index (χ0) is 12.8. The summed E-state index contributed by atoms with van der Waals surface area (Å²) in [6.45, 7) is 4.06. The highest BCUT2D eigenvalue weighted by Crippen LogP contribution is 2.15. The Labute approximate surface area is 108 Å². The van der Waals surface area contributed by atoms with Gasteiger partial charge in [-0.2, -0.15) is 0 Å². The summed E-state index contributed by atoms with van der Waals surface area (Å²) in [6, 6.07) is 10.4. The smallest absolute Gasteiger partial charge is 0.222 e. The van der Waals surface area contributed by atoms with Crippen LogP contribution in [0.25, 0.3) is 0 Å². The molecule has 0 saturated carbocycles. The molecule has 0 radical (unpaired) electrons. The van der Waals surface area contributed by atoms with E-state index in [1.807, 2.05) is 23.1 Å². The van der Waals surface area contributed by atoms with E-state index in [0.717, 1.165) is 32.6 Å². The maximum atomic E-state index is 11.9. The van der Waals surface area contributed by atoms with Crippen molar-refractivity contribution in [2.75, 3.05) is 37.6 Å². The van der Waals surface area contributed by atoms with Gasteiger partial charge in [0.15, 0.2) is 0 Å². The molecule has 1 aromatic carbocycles. The van der Waals surface area contributed by atoms with E-state index in [1.54, 1.807) is 0 Å². The summed E-state index contributed by atoms with van der Waals surface area (Å²) < 4.78 is 0. The second-order valence-electron chi connectivity index (χ2n) is 4.60. The molecule has 4 nitrogen and oxygen atoms in total. The van der Waals surface area contributed by atoms with Gasteiger partial charge in [0.05, 0.1) is 0 Å². The van der Waals surface area contributed by atoms with E-state index in [0.29, 0.717) is 13.0 Å². The van der Waals surface area contributed by atoms with Gasteiger partial charge in [0.25, 0.3) is 0 Å². The van der Waals surface area contributed by atoms with Gasteiger partial charge in [-0.25, -0.2) is 0 Å². The Balaban J connectivity index is 1.83. The number of hydrogen-bond acceptors (Lipinski definition) is 3. The molecule has 1 aromatic rings. The van der Waals surface area contributed by atoms with Gasteiger partial charge in [-0.3, -0.25) is 4.79 Å². The Hall–Kier alpha value is -1.55. The van der Waals surface area contributed by atoms with Crippen LogP contribution in [0, 0.1) is 0 Å². The normalized spacial score (nSPS) is 15.8. The second-order valence-corrected chi connectivity index (χ2v) is 4.60. The Morgan fingerprint density at radius 1 is 1.11 bits per heavy atom. The molecule has 2 rings (SSSR count). The molecule has 1 heterocycles. The minimum Gasteiger partial charge on any atom is -0.368 e. The lowest BCUT2D eigenvalue weighted by atomic mass is 10.2. The lowest BCUT2D eigenvalue weighted by molar-refractivity contribution is -0.131. The fourth-order valence-electron chi connectivity index (χ4n) is 2.26. The molecular weight excluding hydrogens is 226 g/mol. The monoisotopic (exact) mass is 247 g/mol. The van der Waals surface area contributed by atoms with Gasteiger partial charge in [0.1, 0.15) is 0 Å². The van der Waals surface area contributed by atoms with E-state index in [1.165, 1.54) is 5.69 Å². The van der Waals surface area contributed by atoms with Crippen molar-refractivity contribution in [2.45, 2.75) is 12.8 Å². The van der Waals surface area contributed by atoms with Crippen molar-refractivity contribution in [1.29, 1.82) is 0 Å². The number of anilines is 1. The molecule has 1 saturated heterocycles. The van der Waals surface area contributed by atoms with Crippen molar-refractivity contribution in [1.82, 2.24) is 4.90 Å². The Morgan fingerprint density at radius 3 is 2.39 bits per heavy atom. The van der Waals surface area contributed by atoms with Crippen LogP contribution in [0.5, 0.6) is 0 Å². The van der Waals surface area contributed by atoms with Crippen molar-refractivity contribution in [3.8, 4) is 0 Å². The number of nitrogens with two attached hydrogens (primary N) is 1. The minimum atomic E-state index is 0.244. The molecule has 2 N–H and O–H groups in total. The summed E-state index contributed by atoms with van der Waals surface area (Å²) in [5, 5.41) is 0. The number of benzene rings is 1. The Kier molecular flexibility index (Phi) is 4.59. The molecule has 0 bridgehead atoms. The number of hydrogen-bond donors (Lipinski definition) is 1. The fourth-order valence-corrected chi connectivity index (χ4v) is 2.26. The summed E-state index contributed by atoms with van der Waals surface area (Å²) in [7, 11) is 0. The molecule has 1 fully saturated rings. The van der Waals surface area contributed by atoms with Crippen LogP contribution in [0.15, 0.2) is 30.3 Å². The van der Waals surface area contributed by atoms with Crippen LogP contribution in [0.2, 0.25) is 0 Å². The summed E-state index contributed by atoms with van der Waals surface area (Å²) in [6.07, 6.45) is 1.37. The zero-order valence-corrected chi connectivity index (χ0v) is 10.7. The van der Waals surface area contributed by atoms with E-state index in [4.69, 9.17) is 5.73 Å². The lowest BCUT2D eigenvalue weighted by Gasteiger charge is -2.36. The fraction of sp³-hybridized carbons (Fsp3) is 0.500. The summed E-state index contributed by atoms with van der Waals surface area (Å²) in [5.74, 6) is 0.244. The number of piperazine rings is 1. The van der Waals surface area contributed by atoms with Gasteiger partial charge in [0.2, 0.25) is 5.91 Å². The third kappa shape index (κ3) is 3.23. The first-order chi connectivity index (χ1) is 8.81. The van der Waals surface area contributed by atoms with E-state index in [-0.39, 0.29) is 5.91 Å². The van der Waals surface area contributed by atoms with E-state index < -0.39 is 0 Å². The van der Waals surface area contributed by atoms with Crippen LogP contribution >= 0.6 is 0 Å². The molecular formula is C14H21N3O. The van der Waals surface area contributed by atoms with Gasteiger partial charge in [-0.15, -0.1) is 0 Å². The molecule has 0 unspecified atom stereocenters. The predicted molar refractivity (Wildman–Crippen MR) is 73.5 cm³/mol. The van der Waals surface area contributed by atoms with Crippen LogP contribution in [0.3, 0.4) is 0 Å². The first-order valence-electron chi connectivity index (χ1n) is 6.59. The molecule has 1 aliphatic rings. The molecule has 1 aliphatic heterocycles. The molecule has 1 amide bonds. The van der Waals surface area contributed by atoms with E-state index in [9.17, 15) is 4.79 Å². The Bertz CT molecular complexity index is 372. The largest absolute Gasteiger partial charge is 0.368 e. The van der Waals surface area contributed by atoms with Gasteiger partial charge >= 0.3 is 0 Å². The van der Waals surface area contributed by atoms with Gasteiger partial charge in [-0.1, -0.05) is 18.2 Å². The number of carbonyl (C=O) groups excluding carboxylic acids is 1. The summed E-state index contributed by atoms with van der Waals surface area (Å²) >= 11 is 0. The predicted octanol–water partition coefficient (Wildman–Crippen LogP) is 1.07. The number of rotatable bonds is 4. The van der Waals surface area contributed by atoms with Gasteiger partial charge in [-0.05, 0) is 25.1 Å². The number of amides is 1. The molecule has 0 spiro atoms. The van der Waals surface area contributed by atoms with Crippen molar-refractivity contribution in [3.63, 3.8) is 0 Å².